The van der Waals surface area contributed by atoms with Gasteiger partial charge < -0.3 is 18.8 Å². The maximum absolute atomic E-state index is 13.9. The maximum atomic E-state index is 13.9. The Morgan fingerprint density at radius 2 is 1.59 bits per heavy atom. The van der Waals surface area contributed by atoms with Gasteiger partial charge in [0.1, 0.15) is 17.2 Å². The highest BCUT2D eigenvalue weighted by Gasteiger charge is 2.43. The molecule has 0 spiro atoms. The number of halogens is 2. The number of amides is 1. The first kappa shape index (κ1) is 21.6. The van der Waals surface area contributed by atoms with Crippen molar-refractivity contribution in [1.82, 2.24) is 4.90 Å². The smallest absolute Gasteiger partial charge is 0.291 e. The molecular weight excluding hydrogens is 444 g/mol. The van der Waals surface area contributed by atoms with Gasteiger partial charge in [0.2, 0.25) is 5.76 Å². The Bertz CT molecular complexity index is 1480. The number of fused-ring (bicyclic) bond motifs is 2. The number of benzene rings is 3. The van der Waals surface area contributed by atoms with E-state index in [9.17, 15) is 18.4 Å². The Labute approximate surface area is 192 Å². The molecule has 1 aliphatic heterocycles. The number of carbonyl (C=O) groups excluding carboxylic acids is 1. The Kier molecular flexibility index (Phi) is 5.28. The van der Waals surface area contributed by atoms with Crippen LogP contribution < -0.4 is 14.9 Å². The Morgan fingerprint density at radius 1 is 0.882 bits per heavy atom. The highest BCUT2D eigenvalue weighted by molar-refractivity contribution is 5.99. The number of nitrogens with zero attached hydrogens (tertiary/aromatic N) is 1. The minimum atomic E-state index is -0.837. The van der Waals surface area contributed by atoms with Crippen LogP contribution in [0.4, 0.5) is 8.78 Å². The maximum Gasteiger partial charge on any atom is 0.291 e. The molecule has 0 aliphatic carbocycles. The van der Waals surface area contributed by atoms with Gasteiger partial charge in [0.25, 0.3) is 5.91 Å². The van der Waals surface area contributed by atoms with Crippen LogP contribution in [0.25, 0.3) is 11.0 Å². The molecule has 0 bridgehead atoms. The zero-order chi connectivity index (χ0) is 24.0. The molecule has 0 saturated heterocycles. The molecule has 8 heteroatoms. The normalized spacial score (nSPS) is 15.0. The number of ether oxygens (including phenoxy) is 2. The van der Waals surface area contributed by atoms with Crippen LogP contribution in [0.2, 0.25) is 0 Å². The van der Waals surface area contributed by atoms with Gasteiger partial charge in [-0.2, -0.15) is 0 Å². The van der Waals surface area contributed by atoms with Gasteiger partial charge >= 0.3 is 0 Å². The number of hydrogen-bond donors (Lipinski definition) is 0. The quantitative estimate of drug-likeness (QED) is 0.424. The molecule has 0 fully saturated rings. The van der Waals surface area contributed by atoms with Crippen molar-refractivity contribution in [2.24, 2.45) is 0 Å². The topological polar surface area (TPSA) is 69.0 Å². The summed E-state index contributed by atoms with van der Waals surface area (Å²) in [5.74, 6) is -0.697. The first-order chi connectivity index (χ1) is 16.4. The lowest BCUT2D eigenvalue weighted by Gasteiger charge is -2.26. The zero-order valence-electron chi connectivity index (χ0n) is 18.3. The predicted octanol–water partition coefficient (Wildman–Crippen LogP) is 4.83. The van der Waals surface area contributed by atoms with Gasteiger partial charge in [0.05, 0.1) is 31.2 Å². The molecule has 1 atom stereocenters. The molecule has 3 aromatic carbocycles. The van der Waals surface area contributed by atoms with Crippen LogP contribution in [0, 0.1) is 11.6 Å². The summed E-state index contributed by atoms with van der Waals surface area (Å²) in [6.45, 7) is 0.0898. The molecule has 34 heavy (non-hydrogen) atoms. The highest BCUT2D eigenvalue weighted by atomic mass is 19.1. The van der Waals surface area contributed by atoms with Crippen LogP contribution in [-0.2, 0) is 6.54 Å². The predicted molar refractivity (Wildman–Crippen MR) is 120 cm³/mol. The van der Waals surface area contributed by atoms with Crippen molar-refractivity contribution in [3.63, 3.8) is 0 Å². The lowest BCUT2D eigenvalue weighted by Crippen LogP contribution is -2.29. The van der Waals surface area contributed by atoms with E-state index in [1.54, 1.807) is 30.3 Å². The lowest BCUT2D eigenvalue weighted by atomic mass is 9.97. The summed E-state index contributed by atoms with van der Waals surface area (Å²) in [5.41, 5.74) is 0.974. The monoisotopic (exact) mass is 463 g/mol. The molecule has 1 amide bonds. The molecule has 1 unspecified atom stereocenters. The van der Waals surface area contributed by atoms with E-state index in [2.05, 4.69) is 0 Å². The van der Waals surface area contributed by atoms with Crippen molar-refractivity contribution in [2.45, 2.75) is 12.6 Å². The molecule has 1 aromatic heterocycles. The lowest BCUT2D eigenvalue weighted by molar-refractivity contribution is 0.0714. The molecule has 172 valence electrons. The molecule has 0 N–H and O–H groups in total. The van der Waals surface area contributed by atoms with Crippen molar-refractivity contribution in [3.05, 3.63) is 105 Å². The van der Waals surface area contributed by atoms with Crippen LogP contribution in [-0.4, -0.2) is 25.0 Å². The summed E-state index contributed by atoms with van der Waals surface area (Å²) < 4.78 is 43.9. The highest BCUT2D eigenvalue weighted by Crippen LogP contribution is 2.41. The van der Waals surface area contributed by atoms with Crippen LogP contribution in [0.3, 0.4) is 0 Å². The van der Waals surface area contributed by atoms with E-state index < -0.39 is 29.0 Å². The van der Waals surface area contributed by atoms with E-state index in [1.165, 1.54) is 43.4 Å². The third kappa shape index (κ3) is 3.48. The standard InChI is InChI=1S/C26H19F2NO5/c1-32-20-9-5-15(11-21(20)33-2)23-22-24(30)18-12-17(28)8-10-19(18)34-25(22)26(31)29(23)13-14-3-6-16(27)7-4-14/h3-12,23H,13H2,1-2H3. The SMILES string of the molecule is COc1ccc(C2c3c(oc4ccc(F)cc4c3=O)C(=O)N2Cc2ccc(F)cc2)cc1OC. The minimum absolute atomic E-state index is 0.0423. The van der Waals surface area contributed by atoms with E-state index in [0.29, 0.717) is 22.6 Å². The Hall–Kier alpha value is -4.20. The number of hydrogen-bond acceptors (Lipinski definition) is 5. The molecule has 1 aliphatic rings. The fraction of sp³-hybridized carbons (Fsp3) is 0.154. The number of methoxy groups -OCH3 is 2. The van der Waals surface area contributed by atoms with Crippen molar-refractivity contribution >= 4 is 16.9 Å². The van der Waals surface area contributed by atoms with E-state index in [-0.39, 0.29) is 28.8 Å². The van der Waals surface area contributed by atoms with Gasteiger partial charge in [-0.3, -0.25) is 9.59 Å². The van der Waals surface area contributed by atoms with Gasteiger partial charge in [0, 0.05) is 6.54 Å². The second-order valence-corrected chi connectivity index (χ2v) is 7.89. The van der Waals surface area contributed by atoms with E-state index in [0.717, 1.165) is 6.07 Å². The van der Waals surface area contributed by atoms with Crippen LogP contribution >= 0.6 is 0 Å². The van der Waals surface area contributed by atoms with Gasteiger partial charge in [-0.15, -0.1) is 0 Å². The van der Waals surface area contributed by atoms with Crippen LogP contribution in [0.1, 0.15) is 33.3 Å². The molecule has 0 radical (unpaired) electrons. The Balaban J connectivity index is 1.73. The second kappa shape index (κ2) is 8.30. The van der Waals surface area contributed by atoms with E-state index in [4.69, 9.17) is 13.9 Å². The van der Waals surface area contributed by atoms with Crippen molar-refractivity contribution in [2.75, 3.05) is 14.2 Å². The first-order valence-electron chi connectivity index (χ1n) is 10.4. The minimum Gasteiger partial charge on any atom is -0.493 e. The molecule has 0 saturated carbocycles. The summed E-state index contributed by atoms with van der Waals surface area (Å²) in [6.07, 6.45) is 0. The third-order valence-electron chi connectivity index (χ3n) is 5.92. The largest absolute Gasteiger partial charge is 0.493 e. The fourth-order valence-corrected chi connectivity index (χ4v) is 4.31. The summed E-state index contributed by atoms with van der Waals surface area (Å²) in [6, 6.07) is 13.6. The summed E-state index contributed by atoms with van der Waals surface area (Å²) in [5, 5.41) is 0.0423. The van der Waals surface area contributed by atoms with Crippen LogP contribution in [0.15, 0.2) is 69.9 Å². The van der Waals surface area contributed by atoms with E-state index in [1.807, 2.05) is 0 Å². The summed E-state index contributed by atoms with van der Waals surface area (Å²) in [4.78, 5) is 28.5. The van der Waals surface area contributed by atoms with Crippen molar-refractivity contribution < 1.29 is 27.5 Å². The average Bonchev–Trinajstić information content (AvgIpc) is 3.12. The Morgan fingerprint density at radius 3 is 2.29 bits per heavy atom. The van der Waals surface area contributed by atoms with Crippen molar-refractivity contribution in [3.8, 4) is 11.5 Å². The fourth-order valence-electron chi connectivity index (χ4n) is 4.31. The third-order valence-corrected chi connectivity index (χ3v) is 5.92. The second-order valence-electron chi connectivity index (χ2n) is 7.89. The molecule has 5 rings (SSSR count). The molecule has 2 heterocycles. The molecule has 4 aromatic rings. The molecule has 6 nitrogen and oxygen atoms in total. The summed E-state index contributed by atoms with van der Waals surface area (Å²) in [7, 11) is 2.98. The zero-order valence-corrected chi connectivity index (χ0v) is 18.3. The number of rotatable bonds is 5. The summed E-state index contributed by atoms with van der Waals surface area (Å²) >= 11 is 0. The first-order valence-corrected chi connectivity index (χ1v) is 10.4. The average molecular weight is 463 g/mol. The van der Waals surface area contributed by atoms with E-state index >= 15 is 0 Å². The van der Waals surface area contributed by atoms with Crippen LogP contribution in [0.5, 0.6) is 11.5 Å². The van der Waals surface area contributed by atoms with Gasteiger partial charge in [-0.05, 0) is 53.6 Å². The van der Waals surface area contributed by atoms with Gasteiger partial charge in [0.15, 0.2) is 16.9 Å². The molecular formula is C26H19F2NO5. The number of carbonyl (C=O) groups is 1. The van der Waals surface area contributed by atoms with Crippen molar-refractivity contribution in [1.29, 1.82) is 0 Å². The van der Waals surface area contributed by atoms with Gasteiger partial charge in [-0.1, -0.05) is 18.2 Å². The van der Waals surface area contributed by atoms with Gasteiger partial charge in [-0.25, -0.2) is 8.78 Å².